The first-order valence-electron chi connectivity index (χ1n) is 8.72. The van der Waals surface area contributed by atoms with Crippen LogP contribution in [-0.4, -0.2) is 51.9 Å². The first kappa shape index (κ1) is 21.0. The van der Waals surface area contributed by atoms with Crippen LogP contribution in [0.3, 0.4) is 0 Å². The molecule has 2 saturated heterocycles. The maximum atomic E-state index is 12.7. The molecule has 26 heavy (non-hydrogen) atoms. The average molecular weight is 404 g/mol. The molecule has 2 aliphatic rings. The zero-order valence-electron chi connectivity index (χ0n) is 14.9. The van der Waals surface area contributed by atoms with Gasteiger partial charge in [0.05, 0.1) is 13.0 Å². The monoisotopic (exact) mass is 403 g/mol. The molecule has 0 spiro atoms. The van der Waals surface area contributed by atoms with Crippen molar-refractivity contribution >= 4 is 34.0 Å². The molecule has 2 fully saturated rings. The summed E-state index contributed by atoms with van der Waals surface area (Å²) in [6.07, 6.45) is 3.60. The van der Waals surface area contributed by atoms with E-state index in [1.54, 1.807) is 12.1 Å². The number of methoxy groups -OCH3 is 1. The Balaban J connectivity index is 0.00000243. The lowest BCUT2D eigenvalue weighted by Crippen LogP contribution is -2.37. The van der Waals surface area contributed by atoms with Crippen molar-refractivity contribution in [2.24, 2.45) is 5.92 Å². The van der Waals surface area contributed by atoms with Gasteiger partial charge in [-0.2, -0.15) is 4.31 Å². The molecule has 1 aromatic carbocycles. The summed E-state index contributed by atoms with van der Waals surface area (Å²) in [5.74, 6) is 0.142. The van der Waals surface area contributed by atoms with Gasteiger partial charge >= 0.3 is 0 Å². The van der Waals surface area contributed by atoms with Gasteiger partial charge in [-0.05, 0) is 44.4 Å². The molecule has 0 saturated carbocycles. The Kier molecular flexibility index (Phi) is 7.28. The van der Waals surface area contributed by atoms with Gasteiger partial charge in [0.25, 0.3) is 0 Å². The highest BCUT2D eigenvalue weighted by Crippen LogP contribution is 2.31. The topological polar surface area (TPSA) is 87.7 Å². The Bertz CT molecular complexity index is 730. The second-order valence-electron chi connectivity index (χ2n) is 6.51. The van der Waals surface area contributed by atoms with Crippen molar-refractivity contribution in [1.29, 1.82) is 0 Å². The molecule has 0 radical (unpaired) electrons. The Hall–Kier alpha value is -1.35. The number of nitrogens with zero attached hydrogens (tertiary/aromatic N) is 1. The van der Waals surface area contributed by atoms with Crippen molar-refractivity contribution in [2.75, 3.05) is 38.6 Å². The van der Waals surface area contributed by atoms with Gasteiger partial charge in [-0.1, -0.05) is 0 Å². The zero-order valence-corrected chi connectivity index (χ0v) is 16.5. The number of carbonyl (C=O) groups is 1. The second kappa shape index (κ2) is 9.03. The number of amides is 1. The summed E-state index contributed by atoms with van der Waals surface area (Å²) >= 11 is 0. The molecule has 7 nitrogen and oxygen atoms in total. The van der Waals surface area contributed by atoms with E-state index in [4.69, 9.17) is 4.74 Å². The summed E-state index contributed by atoms with van der Waals surface area (Å²) in [5, 5.41) is 6.08. The molecule has 2 heterocycles. The lowest BCUT2D eigenvalue weighted by atomic mass is 9.99. The third kappa shape index (κ3) is 4.49. The van der Waals surface area contributed by atoms with Gasteiger partial charge in [-0.25, -0.2) is 8.42 Å². The van der Waals surface area contributed by atoms with Crippen LogP contribution in [0.1, 0.15) is 25.7 Å². The fourth-order valence-corrected chi connectivity index (χ4v) is 5.00. The molecule has 0 aliphatic carbocycles. The smallest absolute Gasteiger partial charge is 0.246 e. The average Bonchev–Trinajstić information content (AvgIpc) is 3.17. The van der Waals surface area contributed by atoms with Crippen LogP contribution < -0.4 is 15.4 Å². The molecule has 1 aromatic rings. The van der Waals surface area contributed by atoms with Crippen LogP contribution >= 0.6 is 12.4 Å². The third-order valence-corrected chi connectivity index (χ3v) is 6.72. The normalized spacial score (nSPS) is 21.0. The molecule has 2 N–H and O–H groups in total. The minimum Gasteiger partial charge on any atom is -0.495 e. The van der Waals surface area contributed by atoms with E-state index in [-0.39, 0.29) is 34.9 Å². The standard InChI is InChI=1S/C17H25N3O4S.ClH/c1-24-15-11-14(19-17(21)13-5-4-8-18-12-13)6-7-16(15)25(22,23)20-9-2-3-10-20;/h6-7,11,13,18H,2-5,8-10,12H2,1H3,(H,19,21);1H. The van der Waals surface area contributed by atoms with Crippen LogP contribution in [0.4, 0.5) is 5.69 Å². The molecule has 146 valence electrons. The van der Waals surface area contributed by atoms with E-state index in [9.17, 15) is 13.2 Å². The van der Waals surface area contributed by atoms with Crippen LogP contribution in [0.5, 0.6) is 5.75 Å². The van der Waals surface area contributed by atoms with Crippen molar-refractivity contribution in [1.82, 2.24) is 9.62 Å². The Morgan fingerprint density at radius 3 is 2.62 bits per heavy atom. The number of nitrogens with one attached hydrogen (secondary N) is 2. The quantitative estimate of drug-likeness (QED) is 0.783. The minimum atomic E-state index is -3.56. The van der Waals surface area contributed by atoms with Gasteiger partial charge in [0.2, 0.25) is 15.9 Å². The third-order valence-electron chi connectivity index (χ3n) is 4.78. The number of rotatable bonds is 5. The number of carbonyl (C=O) groups excluding carboxylic acids is 1. The molecule has 1 atom stereocenters. The summed E-state index contributed by atoms with van der Waals surface area (Å²) in [7, 11) is -2.12. The summed E-state index contributed by atoms with van der Waals surface area (Å²) < 4.78 is 32.3. The minimum absolute atomic E-state index is 0. The van der Waals surface area contributed by atoms with Crippen LogP contribution in [-0.2, 0) is 14.8 Å². The van der Waals surface area contributed by atoms with Crippen molar-refractivity contribution < 1.29 is 17.9 Å². The number of hydrogen-bond donors (Lipinski definition) is 2. The van der Waals surface area contributed by atoms with Gasteiger partial charge in [-0.15, -0.1) is 12.4 Å². The summed E-state index contributed by atoms with van der Waals surface area (Å²) in [6.45, 7) is 2.70. The Morgan fingerprint density at radius 1 is 1.27 bits per heavy atom. The van der Waals surface area contributed by atoms with Crippen LogP contribution in [0, 0.1) is 5.92 Å². The van der Waals surface area contributed by atoms with Gasteiger partial charge in [0.15, 0.2) is 0 Å². The van der Waals surface area contributed by atoms with E-state index >= 15 is 0 Å². The maximum absolute atomic E-state index is 12.7. The predicted octanol–water partition coefficient (Wildman–Crippen LogP) is 1.84. The van der Waals surface area contributed by atoms with E-state index in [0.717, 1.165) is 32.2 Å². The largest absolute Gasteiger partial charge is 0.495 e. The van der Waals surface area contributed by atoms with Crippen molar-refractivity contribution in [3.05, 3.63) is 18.2 Å². The molecular formula is C17H26ClN3O4S. The molecule has 3 rings (SSSR count). The highest BCUT2D eigenvalue weighted by atomic mass is 35.5. The maximum Gasteiger partial charge on any atom is 0.246 e. The first-order chi connectivity index (χ1) is 12.0. The van der Waals surface area contributed by atoms with Crippen molar-refractivity contribution in [3.63, 3.8) is 0 Å². The zero-order chi connectivity index (χ0) is 17.9. The highest BCUT2D eigenvalue weighted by molar-refractivity contribution is 7.89. The number of anilines is 1. The lowest BCUT2D eigenvalue weighted by Gasteiger charge is -2.22. The highest BCUT2D eigenvalue weighted by Gasteiger charge is 2.30. The molecule has 0 aromatic heterocycles. The van der Waals surface area contributed by atoms with Gasteiger partial charge < -0.3 is 15.4 Å². The number of sulfonamides is 1. The van der Waals surface area contributed by atoms with E-state index < -0.39 is 10.0 Å². The SMILES string of the molecule is COc1cc(NC(=O)C2CCCNC2)ccc1S(=O)(=O)N1CCCC1.Cl. The summed E-state index contributed by atoms with van der Waals surface area (Å²) in [5.41, 5.74) is 0.549. The van der Waals surface area contributed by atoms with E-state index in [1.807, 2.05) is 0 Å². The van der Waals surface area contributed by atoms with Gasteiger partial charge in [0.1, 0.15) is 10.6 Å². The number of hydrogen-bond acceptors (Lipinski definition) is 5. The van der Waals surface area contributed by atoms with Crippen molar-refractivity contribution in [3.8, 4) is 5.75 Å². The Labute approximate surface area is 160 Å². The predicted molar refractivity (Wildman–Crippen MR) is 102 cm³/mol. The number of piperidine rings is 1. The summed E-state index contributed by atoms with van der Waals surface area (Å²) in [4.78, 5) is 12.5. The van der Waals surface area contributed by atoms with Gasteiger partial charge in [-0.3, -0.25) is 4.79 Å². The fraction of sp³-hybridized carbons (Fsp3) is 0.588. The molecular weight excluding hydrogens is 378 g/mol. The van der Waals surface area contributed by atoms with Crippen LogP contribution in [0.2, 0.25) is 0 Å². The molecule has 1 unspecified atom stereocenters. The van der Waals surface area contributed by atoms with Crippen LogP contribution in [0.15, 0.2) is 23.1 Å². The Morgan fingerprint density at radius 2 is 2.00 bits per heavy atom. The van der Waals surface area contributed by atoms with E-state index in [2.05, 4.69) is 10.6 Å². The van der Waals surface area contributed by atoms with E-state index in [0.29, 0.717) is 25.3 Å². The number of ether oxygens (including phenoxy) is 1. The van der Waals surface area contributed by atoms with Crippen molar-refractivity contribution in [2.45, 2.75) is 30.6 Å². The van der Waals surface area contributed by atoms with Gasteiger partial charge in [0, 0.05) is 31.4 Å². The summed E-state index contributed by atoms with van der Waals surface area (Å²) in [6, 6.07) is 4.72. The van der Waals surface area contributed by atoms with E-state index in [1.165, 1.54) is 17.5 Å². The second-order valence-corrected chi connectivity index (χ2v) is 8.42. The number of benzene rings is 1. The first-order valence-corrected chi connectivity index (χ1v) is 10.2. The molecule has 9 heteroatoms. The number of halogens is 1. The van der Waals surface area contributed by atoms with Crippen LogP contribution in [0.25, 0.3) is 0 Å². The fourth-order valence-electron chi connectivity index (χ4n) is 3.35. The molecule has 2 aliphatic heterocycles. The molecule has 0 bridgehead atoms. The lowest BCUT2D eigenvalue weighted by molar-refractivity contribution is -0.120. The molecule has 1 amide bonds.